The van der Waals surface area contributed by atoms with Gasteiger partial charge in [0.05, 0.1) is 13.2 Å². The molecule has 0 unspecified atom stereocenters. The van der Waals surface area contributed by atoms with Crippen LogP contribution >= 0.6 is 0 Å². The van der Waals surface area contributed by atoms with Crippen LogP contribution in [0.15, 0.2) is 18.2 Å². The molecule has 0 saturated carbocycles. The van der Waals surface area contributed by atoms with E-state index in [9.17, 15) is 0 Å². The van der Waals surface area contributed by atoms with Crippen LogP contribution in [0.5, 0.6) is 0 Å². The predicted molar refractivity (Wildman–Crippen MR) is 65.5 cm³/mol. The molecule has 0 heterocycles. The molecule has 0 fully saturated rings. The minimum Gasteiger partial charge on any atom is -0.384 e. The molecule has 0 aliphatic heterocycles. The van der Waals surface area contributed by atoms with Gasteiger partial charge in [-0.05, 0) is 35.6 Å². The molecule has 0 aliphatic carbocycles. The predicted octanol–water partition coefficient (Wildman–Crippen LogP) is 2.06. The zero-order valence-electron chi connectivity index (χ0n) is 9.95. The molecule has 88 valence electrons. The van der Waals surface area contributed by atoms with Gasteiger partial charge in [-0.3, -0.25) is 0 Å². The fraction of sp³-hybridized carbons (Fsp3) is 0.462. The Hall–Kier alpha value is -1.19. The minimum atomic E-state index is 0.693. The van der Waals surface area contributed by atoms with Crippen LogP contribution in [0.2, 0.25) is 0 Å². The molecular formula is C13H19NO2. The third-order valence-electron chi connectivity index (χ3n) is 2.54. The van der Waals surface area contributed by atoms with Crippen LogP contribution in [-0.4, -0.2) is 33.6 Å². The highest BCUT2D eigenvalue weighted by Gasteiger charge is 2.02. The van der Waals surface area contributed by atoms with Crippen molar-refractivity contribution in [3.05, 3.63) is 34.9 Å². The van der Waals surface area contributed by atoms with Gasteiger partial charge >= 0.3 is 0 Å². The van der Waals surface area contributed by atoms with Crippen molar-refractivity contribution in [3.63, 3.8) is 0 Å². The second-order valence-electron chi connectivity index (χ2n) is 3.66. The van der Waals surface area contributed by atoms with Crippen molar-refractivity contribution in [1.29, 1.82) is 5.41 Å². The van der Waals surface area contributed by atoms with Gasteiger partial charge in [-0.2, -0.15) is 0 Å². The maximum atomic E-state index is 7.40. The molecule has 1 N–H and O–H groups in total. The number of ether oxygens (including phenoxy) is 2. The van der Waals surface area contributed by atoms with E-state index in [1.54, 1.807) is 14.2 Å². The van der Waals surface area contributed by atoms with E-state index in [0.717, 1.165) is 30.6 Å². The largest absolute Gasteiger partial charge is 0.384 e. The molecule has 0 atom stereocenters. The third-order valence-corrected chi connectivity index (χ3v) is 2.54. The van der Waals surface area contributed by atoms with Crippen LogP contribution in [0.25, 0.3) is 0 Å². The molecule has 3 nitrogen and oxygen atoms in total. The first-order valence-corrected chi connectivity index (χ1v) is 5.42. The number of benzene rings is 1. The van der Waals surface area contributed by atoms with E-state index in [0.29, 0.717) is 6.61 Å². The summed E-state index contributed by atoms with van der Waals surface area (Å²) in [4.78, 5) is 0. The van der Waals surface area contributed by atoms with Gasteiger partial charge in [0.1, 0.15) is 0 Å². The lowest BCUT2D eigenvalue weighted by Gasteiger charge is -2.08. The van der Waals surface area contributed by atoms with Crippen molar-refractivity contribution in [2.75, 3.05) is 27.4 Å². The van der Waals surface area contributed by atoms with E-state index in [2.05, 4.69) is 18.2 Å². The van der Waals surface area contributed by atoms with E-state index in [1.165, 1.54) is 11.8 Å². The quantitative estimate of drug-likeness (QED) is 0.716. The van der Waals surface area contributed by atoms with E-state index >= 15 is 0 Å². The van der Waals surface area contributed by atoms with Crippen molar-refractivity contribution < 1.29 is 9.47 Å². The highest BCUT2D eigenvalue weighted by molar-refractivity contribution is 5.79. The SMILES string of the molecule is COCCc1ccc(CCOC)c(C=N)c1. The summed E-state index contributed by atoms with van der Waals surface area (Å²) in [6.07, 6.45) is 3.15. The second kappa shape index (κ2) is 7.14. The van der Waals surface area contributed by atoms with E-state index in [-0.39, 0.29) is 0 Å². The first-order chi connectivity index (χ1) is 7.81. The van der Waals surface area contributed by atoms with Crippen LogP contribution in [-0.2, 0) is 22.3 Å². The van der Waals surface area contributed by atoms with Crippen LogP contribution in [0.3, 0.4) is 0 Å². The average molecular weight is 221 g/mol. The van der Waals surface area contributed by atoms with Crippen LogP contribution in [0.1, 0.15) is 16.7 Å². The third kappa shape index (κ3) is 3.76. The van der Waals surface area contributed by atoms with Crippen molar-refractivity contribution in [2.45, 2.75) is 12.8 Å². The number of methoxy groups -OCH3 is 2. The van der Waals surface area contributed by atoms with Crippen LogP contribution in [0, 0.1) is 5.41 Å². The molecule has 0 radical (unpaired) electrons. The van der Waals surface area contributed by atoms with Gasteiger partial charge in [-0.1, -0.05) is 12.1 Å². The smallest absolute Gasteiger partial charge is 0.0502 e. The van der Waals surface area contributed by atoms with Gasteiger partial charge in [-0.25, -0.2) is 0 Å². The summed E-state index contributed by atoms with van der Waals surface area (Å²) in [5, 5.41) is 7.40. The number of hydrogen-bond donors (Lipinski definition) is 1. The average Bonchev–Trinajstić information content (AvgIpc) is 2.34. The standard InChI is InChI=1S/C13H19NO2/c1-15-7-5-11-3-4-12(6-8-16-2)13(9-11)10-14/h3-4,9-10,14H,5-8H2,1-2H3. The lowest BCUT2D eigenvalue weighted by atomic mass is 10.0. The first kappa shape index (κ1) is 12.9. The fourth-order valence-corrected chi connectivity index (χ4v) is 1.59. The molecule has 0 aromatic heterocycles. The Morgan fingerprint density at radius 3 is 2.44 bits per heavy atom. The summed E-state index contributed by atoms with van der Waals surface area (Å²) >= 11 is 0. The van der Waals surface area contributed by atoms with Gasteiger partial charge in [-0.15, -0.1) is 0 Å². The molecule has 16 heavy (non-hydrogen) atoms. The summed E-state index contributed by atoms with van der Waals surface area (Å²) in [7, 11) is 3.39. The molecular weight excluding hydrogens is 202 g/mol. The lowest BCUT2D eigenvalue weighted by Crippen LogP contribution is -2.01. The van der Waals surface area contributed by atoms with Crippen LogP contribution in [0.4, 0.5) is 0 Å². The Bertz CT molecular complexity index is 337. The van der Waals surface area contributed by atoms with Gasteiger partial charge in [0.15, 0.2) is 0 Å². The monoisotopic (exact) mass is 221 g/mol. The van der Waals surface area contributed by atoms with E-state index < -0.39 is 0 Å². The van der Waals surface area contributed by atoms with Gasteiger partial charge in [0, 0.05) is 20.4 Å². The Balaban J connectivity index is 2.75. The van der Waals surface area contributed by atoms with E-state index in [1.807, 2.05) is 0 Å². The molecule has 0 amide bonds. The fourth-order valence-electron chi connectivity index (χ4n) is 1.59. The van der Waals surface area contributed by atoms with Crippen molar-refractivity contribution in [1.82, 2.24) is 0 Å². The molecule has 0 bridgehead atoms. The van der Waals surface area contributed by atoms with E-state index in [4.69, 9.17) is 14.9 Å². The highest BCUT2D eigenvalue weighted by Crippen LogP contribution is 2.12. The lowest BCUT2D eigenvalue weighted by molar-refractivity contribution is 0.201. The highest BCUT2D eigenvalue weighted by atomic mass is 16.5. The summed E-state index contributed by atoms with van der Waals surface area (Å²) < 4.78 is 10.1. The van der Waals surface area contributed by atoms with Gasteiger partial charge in [0.2, 0.25) is 0 Å². The van der Waals surface area contributed by atoms with Crippen LogP contribution < -0.4 is 0 Å². The summed E-state index contributed by atoms with van der Waals surface area (Å²) in [5.41, 5.74) is 3.35. The summed E-state index contributed by atoms with van der Waals surface area (Å²) in [5.74, 6) is 0. The Morgan fingerprint density at radius 1 is 1.12 bits per heavy atom. The Kier molecular flexibility index (Phi) is 5.75. The maximum absolute atomic E-state index is 7.40. The topological polar surface area (TPSA) is 42.3 Å². The maximum Gasteiger partial charge on any atom is 0.0502 e. The molecule has 3 heteroatoms. The zero-order chi connectivity index (χ0) is 11.8. The van der Waals surface area contributed by atoms with Gasteiger partial charge in [0.25, 0.3) is 0 Å². The first-order valence-electron chi connectivity index (χ1n) is 5.42. The number of nitrogens with one attached hydrogen (secondary N) is 1. The molecule has 0 aliphatic rings. The van der Waals surface area contributed by atoms with Gasteiger partial charge < -0.3 is 14.9 Å². The van der Waals surface area contributed by atoms with Crippen molar-refractivity contribution >= 4 is 6.21 Å². The number of rotatable bonds is 7. The molecule has 0 saturated heterocycles. The molecule has 0 spiro atoms. The number of hydrogen-bond acceptors (Lipinski definition) is 3. The summed E-state index contributed by atoms with van der Waals surface area (Å²) in [6, 6.07) is 6.22. The molecule has 1 aromatic carbocycles. The minimum absolute atomic E-state index is 0.693. The van der Waals surface area contributed by atoms with Crippen molar-refractivity contribution in [3.8, 4) is 0 Å². The molecule has 1 rings (SSSR count). The Labute approximate surface area is 96.9 Å². The van der Waals surface area contributed by atoms with Crippen molar-refractivity contribution in [2.24, 2.45) is 0 Å². The molecule has 1 aromatic rings. The Morgan fingerprint density at radius 2 is 1.81 bits per heavy atom. The normalized spacial score (nSPS) is 10.4. The zero-order valence-corrected chi connectivity index (χ0v) is 9.95. The summed E-state index contributed by atoms with van der Waals surface area (Å²) in [6.45, 7) is 1.41. The second-order valence-corrected chi connectivity index (χ2v) is 3.66.